The summed E-state index contributed by atoms with van der Waals surface area (Å²) in [5.41, 5.74) is 8.03. The van der Waals surface area contributed by atoms with Crippen molar-refractivity contribution >= 4 is 53.2 Å². The van der Waals surface area contributed by atoms with Gasteiger partial charge in [-0.2, -0.15) is 0 Å². The fraction of sp³-hybridized carbons (Fsp3) is 0.478. The fourth-order valence-electron chi connectivity index (χ4n) is 9.64. The van der Waals surface area contributed by atoms with Crippen LogP contribution < -0.4 is 10.1 Å². The van der Waals surface area contributed by atoms with Crippen LogP contribution in [0.3, 0.4) is 0 Å². The maximum atomic E-state index is 14.0. The largest absolute Gasteiger partial charge is 0.488 e. The lowest BCUT2D eigenvalue weighted by Gasteiger charge is -2.33. The van der Waals surface area contributed by atoms with E-state index in [4.69, 9.17) is 24.2 Å². The van der Waals surface area contributed by atoms with Gasteiger partial charge in [0.2, 0.25) is 17.7 Å². The molecule has 4 aliphatic rings. The van der Waals surface area contributed by atoms with Crippen LogP contribution >= 0.6 is 0 Å². The predicted octanol–water partition coefficient (Wildman–Crippen LogP) is 8.15. The number of aliphatic imine (C=N–C) groups is 1. The zero-order valence-electron chi connectivity index (χ0n) is 35.7. The quantitative estimate of drug-likeness (QED) is 0.152. The number of carbonyl (C=O) groups is 4. The van der Waals surface area contributed by atoms with Gasteiger partial charge in [0, 0.05) is 35.6 Å². The second-order valence-corrected chi connectivity index (χ2v) is 17.4. The summed E-state index contributed by atoms with van der Waals surface area (Å²) in [6.07, 6.45) is 5.12. The number of aromatic amines is 1. The molecule has 3 amide bonds. The minimum absolute atomic E-state index is 0.00835. The molecule has 0 aliphatic carbocycles. The number of ether oxygens (including phenoxy) is 3. The molecule has 2 N–H and O–H groups in total. The number of imidazole rings is 1. The van der Waals surface area contributed by atoms with Crippen LogP contribution in [0.2, 0.25) is 5.82 Å². The number of nitrogens with zero attached hydrogens (tertiary/aromatic N) is 4. The number of H-pyrrole nitrogens is 1. The Labute approximate surface area is 351 Å². The first-order chi connectivity index (χ1) is 28.8. The molecule has 2 saturated heterocycles. The summed E-state index contributed by atoms with van der Waals surface area (Å²) in [6.45, 7) is 12.2. The van der Waals surface area contributed by atoms with Crippen LogP contribution in [0.5, 0.6) is 5.75 Å². The molecule has 3 aromatic carbocycles. The normalized spacial score (nSPS) is 21.5. The molecule has 0 bridgehead atoms. The maximum absolute atomic E-state index is 14.0. The summed E-state index contributed by atoms with van der Waals surface area (Å²) in [5.74, 6) is 0.0655. The zero-order valence-corrected chi connectivity index (χ0v) is 35.7. The highest BCUT2D eigenvalue weighted by molar-refractivity contribution is 6.75. The minimum Gasteiger partial charge on any atom is -0.488 e. The molecule has 0 unspecified atom stereocenters. The van der Waals surface area contributed by atoms with E-state index in [1.165, 1.54) is 21.5 Å². The van der Waals surface area contributed by atoms with Crippen molar-refractivity contribution in [2.45, 2.75) is 116 Å². The molecule has 1 radical (unpaired) electrons. The van der Waals surface area contributed by atoms with Crippen LogP contribution in [0.1, 0.15) is 90.2 Å². The Hall–Kier alpha value is -5.66. The third-order valence-electron chi connectivity index (χ3n) is 13.0. The Balaban J connectivity index is 1.01. The van der Waals surface area contributed by atoms with Crippen LogP contribution in [0.4, 0.5) is 15.3 Å². The zero-order chi connectivity index (χ0) is 42.6. The summed E-state index contributed by atoms with van der Waals surface area (Å²) in [7, 11) is 4.02. The number of hydrogen-bond acceptors (Lipinski definition) is 9. The number of hydrogen-bond donors (Lipinski definition) is 2. The van der Waals surface area contributed by atoms with Crippen molar-refractivity contribution in [1.82, 2.24) is 25.1 Å². The van der Waals surface area contributed by atoms with E-state index in [1.807, 2.05) is 50.6 Å². The van der Waals surface area contributed by atoms with Crippen molar-refractivity contribution in [1.29, 1.82) is 0 Å². The van der Waals surface area contributed by atoms with Crippen LogP contribution in [0.15, 0.2) is 53.7 Å². The van der Waals surface area contributed by atoms with Crippen LogP contribution in [0, 0.1) is 11.8 Å². The average molecular weight is 814 g/mol. The first-order valence-electron chi connectivity index (χ1n) is 21.2. The average Bonchev–Trinajstić information content (AvgIpc) is 4.06. The van der Waals surface area contributed by atoms with Gasteiger partial charge in [0.1, 0.15) is 24.2 Å². The smallest absolute Gasteiger partial charge is 0.407 e. The number of likely N-dealkylation sites (tertiary alicyclic amines) is 2. The Morgan fingerprint density at radius 1 is 0.867 bits per heavy atom. The number of nitrogens with one attached hydrogen (secondary N) is 2. The van der Waals surface area contributed by atoms with Crippen molar-refractivity contribution in [2.75, 3.05) is 14.2 Å². The molecular weight excluding hydrogens is 759 g/mol. The molecule has 14 heteroatoms. The van der Waals surface area contributed by atoms with E-state index in [-0.39, 0.29) is 47.8 Å². The molecule has 13 nitrogen and oxygen atoms in total. The number of alkyl carbamates (subject to hydrolysis) is 1. The summed E-state index contributed by atoms with van der Waals surface area (Å²) < 4.78 is 16.2. The first-order valence-corrected chi connectivity index (χ1v) is 21.2. The number of amides is 3. The van der Waals surface area contributed by atoms with Gasteiger partial charge >= 0.3 is 6.09 Å². The Morgan fingerprint density at radius 2 is 1.60 bits per heavy atom. The highest BCUT2D eigenvalue weighted by Crippen LogP contribution is 2.45. The van der Waals surface area contributed by atoms with E-state index < -0.39 is 23.8 Å². The maximum Gasteiger partial charge on any atom is 0.407 e. The highest BCUT2D eigenvalue weighted by atomic mass is 16.5. The lowest BCUT2D eigenvalue weighted by atomic mass is 9.59. The van der Waals surface area contributed by atoms with Crippen molar-refractivity contribution < 1.29 is 33.4 Å². The number of carbonyl (C=O) groups excluding carboxylic acids is 4. The molecule has 4 aliphatic heterocycles. The fourth-order valence-corrected chi connectivity index (χ4v) is 9.64. The van der Waals surface area contributed by atoms with Crippen LogP contribution in [-0.2, 0) is 32.1 Å². The van der Waals surface area contributed by atoms with Gasteiger partial charge in [0.15, 0.2) is 0 Å². The van der Waals surface area contributed by atoms with Crippen molar-refractivity contribution in [3.05, 3.63) is 65.6 Å². The van der Waals surface area contributed by atoms with E-state index in [0.717, 1.165) is 92.9 Å². The number of aromatic nitrogens is 2. The van der Waals surface area contributed by atoms with Gasteiger partial charge in [-0.15, -0.1) is 0 Å². The molecule has 4 aromatic rings. The van der Waals surface area contributed by atoms with Gasteiger partial charge in [-0.05, 0) is 109 Å². The molecule has 313 valence electrons. The Morgan fingerprint density at radius 3 is 2.30 bits per heavy atom. The molecule has 0 spiro atoms. The number of benzene rings is 3. The van der Waals surface area contributed by atoms with Crippen LogP contribution in [0.25, 0.3) is 33.2 Å². The summed E-state index contributed by atoms with van der Waals surface area (Å²) >= 11 is 0. The van der Waals surface area contributed by atoms with Gasteiger partial charge < -0.3 is 34.3 Å². The Bertz CT molecular complexity index is 2390. The SMILES string of the molecule is COC(=O)[B][C@H](C(=O)N1[C@@H](C)CC[C@H]1c1ncc(-c2ccc3c(c2)COc2cc4c5c(ccc4cc2-3)N=C([C@@H]2CC[C@H](C)N2C(=O)[C@@H](NC(=O)OC)C(C)C)C5)[nH]1)C(C)C. The van der Waals surface area contributed by atoms with E-state index in [2.05, 4.69) is 59.7 Å². The van der Waals surface area contributed by atoms with Gasteiger partial charge in [0.05, 0.1) is 43.9 Å². The summed E-state index contributed by atoms with van der Waals surface area (Å²) in [5, 5.41) is 4.93. The lowest BCUT2D eigenvalue weighted by Crippen LogP contribution is -2.55. The van der Waals surface area contributed by atoms with Crippen LogP contribution in [-0.4, -0.2) is 94.9 Å². The molecule has 8 rings (SSSR count). The minimum atomic E-state index is -0.697. The second kappa shape index (κ2) is 16.4. The molecule has 5 heterocycles. The highest BCUT2D eigenvalue weighted by Gasteiger charge is 2.44. The van der Waals surface area contributed by atoms with Crippen molar-refractivity contribution in [3.8, 4) is 28.1 Å². The first kappa shape index (κ1) is 41.1. The molecule has 6 atom stereocenters. The lowest BCUT2D eigenvalue weighted by molar-refractivity contribution is -0.136. The second-order valence-electron chi connectivity index (χ2n) is 17.4. The standard InChI is InChI=1S/C46H54BN6O7/c1-23(2)40(47-45(56)58-7)43(54)53-26(6)10-16-38(53)42-48-21-36(50-42)28-11-13-30-29(17-28)22-60-39-20-31-27(18-33(30)39)12-14-34-32(31)19-35(49-34)37-15-9-25(5)52(37)44(55)41(24(3)4)51-46(57)59-8/h11-14,17-18,20-21,23-26,37-38,40-41H,9-10,15-16,19,22H2,1-8H3,(H,48,50)(H,51,57)/t25-,26-,37-,38-,40-,41-/m0/s1. The molecular formula is C46H54BN6O7. The van der Waals surface area contributed by atoms with Gasteiger partial charge in [-0.3, -0.25) is 19.4 Å². The third-order valence-corrected chi connectivity index (χ3v) is 13.0. The summed E-state index contributed by atoms with van der Waals surface area (Å²) in [4.78, 5) is 69.4. The topological polar surface area (TPSA) is 156 Å². The molecule has 1 aromatic heterocycles. The van der Waals surface area contributed by atoms with Gasteiger partial charge in [0.25, 0.3) is 7.28 Å². The van der Waals surface area contributed by atoms with Gasteiger partial charge in [-0.1, -0.05) is 45.9 Å². The molecule has 60 heavy (non-hydrogen) atoms. The molecule has 2 fully saturated rings. The Kier molecular flexibility index (Phi) is 11.2. The number of methoxy groups -OCH3 is 2. The van der Waals surface area contributed by atoms with Crippen molar-refractivity contribution in [2.24, 2.45) is 16.8 Å². The predicted molar refractivity (Wildman–Crippen MR) is 231 cm³/mol. The summed E-state index contributed by atoms with van der Waals surface area (Å²) in [6, 6.07) is 13.8. The van der Waals surface area contributed by atoms with E-state index in [1.54, 1.807) is 0 Å². The number of fused-ring (bicyclic) bond motifs is 6. The van der Waals surface area contributed by atoms with E-state index >= 15 is 0 Å². The molecule has 0 saturated carbocycles. The van der Waals surface area contributed by atoms with Crippen molar-refractivity contribution in [3.63, 3.8) is 0 Å². The van der Waals surface area contributed by atoms with E-state index in [9.17, 15) is 19.2 Å². The monoisotopic (exact) mass is 813 g/mol. The third kappa shape index (κ3) is 7.42. The van der Waals surface area contributed by atoms with E-state index in [0.29, 0.717) is 13.0 Å². The van der Waals surface area contributed by atoms with Gasteiger partial charge in [-0.25, -0.2) is 9.78 Å². The number of rotatable bonds is 10.